The molecule has 0 spiro atoms. The maximum Gasteiger partial charge on any atom is 0.226 e. The molecule has 112 valence electrons. The van der Waals surface area contributed by atoms with Gasteiger partial charge in [-0.15, -0.1) is 11.3 Å². The van der Waals surface area contributed by atoms with Gasteiger partial charge in [0, 0.05) is 17.4 Å². The maximum absolute atomic E-state index is 11.6. The van der Waals surface area contributed by atoms with Gasteiger partial charge in [0.15, 0.2) is 5.13 Å². The van der Waals surface area contributed by atoms with Crippen LogP contribution in [-0.4, -0.2) is 10.9 Å². The molecule has 0 aliphatic heterocycles. The molecule has 0 radical (unpaired) electrons. The molecule has 0 aliphatic carbocycles. The van der Waals surface area contributed by atoms with Gasteiger partial charge >= 0.3 is 0 Å². The van der Waals surface area contributed by atoms with E-state index < -0.39 is 0 Å². The van der Waals surface area contributed by atoms with Crippen LogP contribution in [-0.2, 0) is 10.2 Å². The normalized spacial score (nSPS) is 11.4. The predicted octanol–water partition coefficient (Wildman–Crippen LogP) is 4.85. The van der Waals surface area contributed by atoms with Crippen molar-refractivity contribution >= 4 is 22.4 Å². The molecule has 0 fully saturated rings. The number of carbonyl (C=O) groups is 1. The molecule has 1 amide bonds. The van der Waals surface area contributed by atoms with Crippen molar-refractivity contribution < 1.29 is 4.79 Å². The Morgan fingerprint density at radius 1 is 1.24 bits per heavy atom. The van der Waals surface area contributed by atoms with Crippen LogP contribution in [0.1, 0.15) is 46.1 Å². The Balaban J connectivity index is 2.12. The number of amides is 1. The molecule has 0 atom stereocenters. The number of hydrogen-bond donors (Lipinski definition) is 1. The first-order valence-corrected chi connectivity index (χ1v) is 8.14. The summed E-state index contributed by atoms with van der Waals surface area (Å²) in [6.07, 6.45) is 1.38. The number of hydrogen-bond acceptors (Lipinski definition) is 3. The first-order valence-electron chi connectivity index (χ1n) is 7.26. The Labute approximate surface area is 130 Å². The van der Waals surface area contributed by atoms with Gasteiger partial charge in [0.05, 0.1) is 5.69 Å². The van der Waals surface area contributed by atoms with Crippen LogP contribution in [0.3, 0.4) is 0 Å². The number of aromatic nitrogens is 1. The van der Waals surface area contributed by atoms with Gasteiger partial charge in [0.1, 0.15) is 0 Å². The second-order valence-corrected chi connectivity index (χ2v) is 7.02. The zero-order chi connectivity index (χ0) is 15.5. The number of nitrogens with one attached hydrogen (secondary N) is 1. The van der Waals surface area contributed by atoms with Gasteiger partial charge in [-0.2, -0.15) is 0 Å². The minimum absolute atomic E-state index is 0.0291. The molecule has 2 rings (SSSR count). The number of anilines is 1. The van der Waals surface area contributed by atoms with E-state index in [1.807, 2.05) is 12.3 Å². The fourth-order valence-corrected chi connectivity index (χ4v) is 2.75. The summed E-state index contributed by atoms with van der Waals surface area (Å²) in [6.45, 7) is 8.59. The zero-order valence-electron chi connectivity index (χ0n) is 13.1. The largest absolute Gasteiger partial charge is 0.302 e. The standard InChI is InChI=1S/C17H22N2OS/c1-5-6-15(20)19-16-18-14(11-21-16)12-7-9-13(10-8-12)17(2,3)4/h7-11H,5-6H2,1-4H3,(H,18,19,20). The van der Waals surface area contributed by atoms with Gasteiger partial charge in [0.25, 0.3) is 0 Å². The first kappa shape index (κ1) is 15.7. The van der Waals surface area contributed by atoms with Crippen LogP contribution in [0.2, 0.25) is 0 Å². The van der Waals surface area contributed by atoms with E-state index in [0.717, 1.165) is 17.7 Å². The van der Waals surface area contributed by atoms with Crippen molar-refractivity contribution in [2.75, 3.05) is 5.32 Å². The van der Waals surface area contributed by atoms with Gasteiger partial charge < -0.3 is 5.32 Å². The number of benzene rings is 1. The Morgan fingerprint density at radius 2 is 1.90 bits per heavy atom. The second kappa shape index (κ2) is 6.39. The highest BCUT2D eigenvalue weighted by atomic mass is 32.1. The van der Waals surface area contributed by atoms with E-state index >= 15 is 0 Å². The lowest BCUT2D eigenvalue weighted by Gasteiger charge is -2.18. The highest BCUT2D eigenvalue weighted by Gasteiger charge is 2.14. The van der Waals surface area contributed by atoms with Crippen molar-refractivity contribution in [1.29, 1.82) is 0 Å². The lowest BCUT2D eigenvalue weighted by atomic mass is 9.86. The average molecular weight is 302 g/mol. The highest BCUT2D eigenvalue weighted by molar-refractivity contribution is 7.14. The lowest BCUT2D eigenvalue weighted by molar-refractivity contribution is -0.116. The summed E-state index contributed by atoms with van der Waals surface area (Å²) < 4.78 is 0. The van der Waals surface area contributed by atoms with E-state index in [4.69, 9.17) is 0 Å². The third kappa shape index (κ3) is 4.14. The lowest BCUT2D eigenvalue weighted by Crippen LogP contribution is -2.10. The summed E-state index contributed by atoms with van der Waals surface area (Å²) in [6, 6.07) is 8.47. The molecule has 1 N–H and O–H groups in total. The number of nitrogens with zero attached hydrogens (tertiary/aromatic N) is 1. The molecule has 4 heteroatoms. The van der Waals surface area contributed by atoms with Gasteiger partial charge in [-0.1, -0.05) is 52.0 Å². The SMILES string of the molecule is CCCC(=O)Nc1nc(-c2ccc(C(C)(C)C)cc2)cs1. The Morgan fingerprint density at radius 3 is 2.48 bits per heavy atom. The van der Waals surface area contributed by atoms with Gasteiger partial charge in [0.2, 0.25) is 5.91 Å². The maximum atomic E-state index is 11.6. The first-order chi connectivity index (χ1) is 9.90. The van der Waals surface area contributed by atoms with Gasteiger partial charge in [-0.3, -0.25) is 4.79 Å². The smallest absolute Gasteiger partial charge is 0.226 e. The van der Waals surface area contributed by atoms with Crippen LogP contribution in [0.15, 0.2) is 29.6 Å². The van der Waals surface area contributed by atoms with E-state index in [-0.39, 0.29) is 11.3 Å². The van der Waals surface area contributed by atoms with E-state index in [1.54, 1.807) is 0 Å². The zero-order valence-corrected chi connectivity index (χ0v) is 13.9. The highest BCUT2D eigenvalue weighted by Crippen LogP contribution is 2.28. The van der Waals surface area contributed by atoms with Gasteiger partial charge in [-0.25, -0.2) is 4.98 Å². The number of thiazole rings is 1. The molecule has 1 aromatic carbocycles. The third-order valence-electron chi connectivity index (χ3n) is 3.27. The quantitative estimate of drug-likeness (QED) is 0.877. The molecule has 2 aromatic rings. The molecular formula is C17H22N2OS. The minimum Gasteiger partial charge on any atom is -0.302 e. The van der Waals surface area contributed by atoms with Crippen LogP contribution < -0.4 is 5.32 Å². The fraction of sp³-hybridized carbons (Fsp3) is 0.412. The number of rotatable bonds is 4. The third-order valence-corrected chi connectivity index (χ3v) is 4.03. The summed E-state index contributed by atoms with van der Waals surface area (Å²) in [5, 5.41) is 5.49. The summed E-state index contributed by atoms with van der Waals surface area (Å²) in [5.41, 5.74) is 3.44. The molecule has 21 heavy (non-hydrogen) atoms. The Bertz CT molecular complexity index is 608. The second-order valence-electron chi connectivity index (χ2n) is 6.16. The molecule has 0 unspecified atom stereocenters. The molecule has 0 aliphatic rings. The van der Waals surface area contributed by atoms with Crippen molar-refractivity contribution in [1.82, 2.24) is 4.98 Å². The van der Waals surface area contributed by atoms with Crippen molar-refractivity contribution in [2.45, 2.75) is 46.0 Å². The molecule has 0 saturated carbocycles. The van der Waals surface area contributed by atoms with Crippen LogP contribution in [0.25, 0.3) is 11.3 Å². The van der Waals surface area contributed by atoms with E-state index in [1.165, 1.54) is 16.9 Å². The summed E-state index contributed by atoms with van der Waals surface area (Å²) in [7, 11) is 0. The molecule has 1 heterocycles. The molecule has 0 saturated heterocycles. The molecule has 1 aromatic heterocycles. The predicted molar refractivity (Wildman–Crippen MR) is 89.8 cm³/mol. The van der Waals surface area contributed by atoms with Crippen molar-refractivity contribution in [3.8, 4) is 11.3 Å². The van der Waals surface area contributed by atoms with Gasteiger partial charge in [-0.05, 0) is 17.4 Å². The summed E-state index contributed by atoms with van der Waals surface area (Å²) in [5.74, 6) is 0.0291. The Kier molecular flexibility index (Phi) is 4.78. The van der Waals surface area contributed by atoms with E-state index in [2.05, 4.69) is 55.3 Å². The molecule has 0 bridgehead atoms. The number of carbonyl (C=O) groups excluding carboxylic acids is 1. The molecule has 3 nitrogen and oxygen atoms in total. The van der Waals surface area contributed by atoms with Crippen LogP contribution >= 0.6 is 11.3 Å². The Hall–Kier alpha value is -1.68. The van der Waals surface area contributed by atoms with E-state index in [0.29, 0.717) is 11.6 Å². The summed E-state index contributed by atoms with van der Waals surface area (Å²) >= 11 is 1.47. The minimum atomic E-state index is 0.0291. The summed E-state index contributed by atoms with van der Waals surface area (Å²) in [4.78, 5) is 16.0. The van der Waals surface area contributed by atoms with Crippen LogP contribution in [0, 0.1) is 0 Å². The van der Waals surface area contributed by atoms with E-state index in [9.17, 15) is 4.79 Å². The topological polar surface area (TPSA) is 42.0 Å². The van der Waals surface area contributed by atoms with Crippen LogP contribution in [0.4, 0.5) is 5.13 Å². The van der Waals surface area contributed by atoms with Crippen molar-refractivity contribution in [3.05, 3.63) is 35.2 Å². The average Bonchev–Trinajstić information content (AvgIpc) is 2.86. The fourth-order valence-electron chi connectivity index (χ4n) is 2.01. The van der Waals surface area contributed by atoms with Crippen LogP contribution in [0.5, 0.6) is 0 Å². The van der Waals surface area contributed by atoms with Crippen molar-refractivity contribution in [3.63, 3.8) is 0 Å². The monoisotopic (exact) mass is 302 g/mol. The molecular weight excluding hydrogens is 280 g/mol. The van der Waals surface area contributed by atoms with Crippen molar-refractivity contribution in [2.24, 2.45) is 0 Å².